The number of rotatable bonds is 11. The molecule has 5 rings (SSSR count). The van der Waals surface area contributed by atoms with Gasteiger partial charge in [-0.1, -0.05) is 116 Å². The van der Waals surface area contributed by atoms with Gasteiger partial charge in [-0.25, -0.2) is 0 Å². The first-order valence-electron chi connectivity index (χ1n) is 18.4. The summed E-state index contributed by atoms with van der Waals surface area (Å²) in [4.78, 5) is 5.24. The van der Waals surface area contributed by atoms with Gasteiger partial charge in [-0.05, 0) is 42.2 Å². The minimum atomic E-state index is 0. The van der Waals surface area contributed by atoms with Gasteiger partial charge >= 0.3 is 0 Å². The van der Waals surface area contributed by atoms with Gasteiger partial charge in [-0.3, -0.25) is 4.99 Å². The molecule has 50 heavy (non-hydrogen) atoms. The largest absolute Gasteiger partial charge is 0.683 e. The van der Waals surface area contributed by atoms with E-state index in [1.807, 2.05) is 91.0 Å². The van der Waals surface area contributed by atoms with Crippen LogP contribution >= 0.6 is 0 Å². The Morgan fingerprint density at radius 3 is 1.44 bits per heavy atom. The maximum absolute atomic E-state index is 5.24. The van der Waals surface area contributed by atoms with Crippen molar-refractivity contribution in [2.24, 2.45) is 4.99 Å². The number of nitrogens with zero attached hydrogens (tertiary/aromatic N) is 2. The molecule has 0 N–H and O–H groups in total. The minimum absolute atomic E-state index is 0. The Kier molecular flexibility index (Phi) is 24.4. The SMILES string of the molecule is CCCCCCCC[N-]C1=CCCCC1=Nc1c(C(C)C)cccc1C(C)C.[CH2-]c1ccccc1.[CH2-]c1ccccc1.[CH2-]c1ccccc1.[Hf]. The molecule has 4 aromatic rings. The van der Waals surface area contributed by atoms with Crippen molar-refractivity contribution in [3.63, 3.8) is 0 Å². The number of unbranched alkanes of at least 4 members (excludes halogenated alkanes) is 5. The molecular weight excluding hydrogens is 771 g/mol. The molecule has 0 heterocycles. The Bertz CT molecular complexity index is 1340. The van der Waals surface area contributed by atoms with Crippen molar-refractivity contribution >= 4 is 11.4 Å². The molecule has 0 bridgehead atoms. The van der Waals surface area contributed by atoms with Crippen LogP contribution in [0.5, 0.6) is 0 Å². The second-order valence-electron chi connectivity index (χ2n) is 13.2. The number of benzene rings is 4. The second kappa shape index (κ2) is 27.3. The Morgan fingerprint density at radius 1 is 0.600 bits per heavy atom. The molecule has 0 aromatic heterocycles. The zero-order valence-corrected chi connectivity index (χ0v) is 35.3. The van der Waals surface area contributed by atoms with Gasteiger partial charge in [0.05, 0.1) is 5.69 Å². The first kappa shape index (κ1) is 44.6. The summed E-state index contributed by atoms with van der Waals surface area (Å²) in [7, 11) is 0. The molecule has 268 valence electrons. The van der Waals surface area contributed by atoms with E-state index in [-0.39, 0.29) is 25.8 Å². The third kappa shape index (κ3) is 19.1. The molecule has 0 radical (unpaired) electrons. The van der Waals surface area contributed by atoms with Gasteiger partial charge in [0.25, 0.3) is 0 Å². The fourth-order valence-electron chi connectivity index (χ4n) is 5.32. The molecule has 0 atom stereocenters. The van der Waals surface area contributed by atoms with Gasteiger partial charge < -0.3 is 5.32 Å². The van der Waals surface area contributed by atoms with E-state index in [1.165, 1.54) is 67.5 Å². The van der Waals surface area contributed by atoms with E-state index in [0.717, 1.165) is 41.8 Å². The van der Waals surface area contributed by atoms with E-state index in [1.54, 1.807) is 0 Å². The molecule has 1 aliphatic carbocycles. The van der Waals surface area contributed by atoms with Crippen LogP contribution in [-0.2, 0) is 25.8 Å². The van der Waals surface area contributed by atoms with E-state index >= 15 is 0 Å². The van der Waals surface area contributed by atoms with Gasteiger partial charge in [0, 0.05) is 31.6 Å². The molecule has 0 saturated carbocycles. The summed E-state index contributed by atoms with van der Waals surface area (Å²) in [5.41, 5.74) is 9.50. The van der Waals surface area contributed by atoms with Crippen LogP contribution in [0, 0.1) is 20.8 Å². The zero-order chi connectivity index (χ0) is 35.7. The summed E-state index contributed by atoms with van der Waals surface area (Å²) in [5, 5.41) is 4.96. The topological polar surface area (TPSA) is 26.5 Å². The van der Waals surface area contributed by atoms with Crippen LogP contribution < -0.4 is 0 Å². The Balaban J connectivity index is 0.000000452. The minimum Gasteiger partial charge on any atom is -0.683 e. The van der Waals surface area contributed by atoms with Crippen molar-refractivity contribution in [2.75, 3.05) is 6.54 Å². The monoisotopic (exact) mass is 834 g/mol. The van der Waals surface area contributed by atoms with Crippen molar-refractivity contribution in [1.29, 1.82) is 0 Å². The third-order valence-corrected chi connectivity index (χ3v) is 8.16. The average Bonchev–Trinajstić information content (AvgIpc) is 3.10. The third-order valence-electron chi connectivity index (χ3n) is 8.16. The van der Waals surface area contributed by atoms with Gasteiger partial charge in [0.15, 0.2) is 0 Å². The van der Waals surface area contributed by atoms with E-state index < -0.39 is 0 Å². The molecule has 2 nitrogen and oxygen atoms in total. The van der Waals surface area contributed by atoms with Gasteiger partial charge in [0.2, 0.25) is 0 Å². The van der Waals surface area contributed by atoms with Crippen LogP contribution in [0.2, 0.25) is 0 Å². The van der Waals surface area contributed by atoms with E-state index in [0.29, 0.717) is 11.8 Å². The van der Waals surface area contributed by atoms with E-state index in [4.69, 9.17) is 10.3 Å². The Hall–Kier alpha value is -3.43. The van der Waals surface area contributed by atoms with Crippen LogP contribution in [0.25, 0.3) is 5.32 Å². The van der Waals surface area contributed by atoms with Crippen molar-refractivity contribution in [1.82, 2.24) is 0 Å². The summed E-state index contributed by atoms with van der Waals surface area (Å²) < 4.78 is 0. The predicted octanol–water partition coefficient (Wildman–Crippen LogP) is 14.4. The van der Waals surface area contributed by atoms with Crippen LogP contribution in [0.3, 0.4) is 0 Å². The fraction of sp³-hybridized carbons (Fsp3) is 0.362. The molecule has 0 spiro atoms. The van der Waals surface area contributed by atoms with Crippen LogP contribution in [0.1, 0.15) is 132 Å². The van der Waals surface area contributed by atoms with Gasteiger partial charge in [-0.2, -0.15) is 73.9 Å². The molecule has 0 saturated heterocycles. The van der Waals surface area contributed by atoms with Crippen LogP contribution in [0.4, 0.5) is 5.69 Å². The van der Waals surface area contributed by atoms with Crippen molar-refractivity contribution in [3.05, 3.63) is 175 Å². The van der Waals surface area contributed by atoms with Crippen LogP contribution in [-0.4, -0.2) is 12.3 Å². The van der Waals surface area contributed by atoms with Crippen molar-refractivity contribution in [2.45, 2.75) is 104 Å². The van der Waals surface area contributed by atoms with Crippen molar-refractivity contribution < 1.29 is 25.8 Å². The molecular formula is C47H62HfN2-4. The smallest absolute Gasteiger partial charge is 0.0701 e. The molecule has 0 fully saturated rings. The summed E-state index contributed by atoms with van der Waals surface area (Å²) in [5.74, 6) is 0.961. The normalized spacial score (nSPS) is 12.6. The summed E-state index contributed by atoms with van der Waals surface area (Å²) in [6.45, 7) is 23.4. The number of aliphatic imine (C=N–C) groups is 1. The molecule has 1 aliphatic rings. The summed E-state index contributed by atoms with van der Waals surface area (Å²) in [6.07, 6.45) is 13.6. The van der Waals surface area contributed by atoms with E-state index in [2.05, 4.69) is 79.7 Å². The Morgan fingerprint density at radius 2 is 1.04 bits per heavy atom. The van der Waals surface area contributed by atoms with Crippen LogP contribution in [0.15, 0.2) is 126 Å². The summed E-state index contributed by atoms with van der Waals surface area (Å²) >= 11 is 0. The zero-order valence-electron chi connectivity index (χ0n) is 31.7. The van der Waals surface area contributed by atoms with Gasteiger partial charge in [-0.15, -0.1) is 48.6 Å². The first-order chi connectivity index (χ1) is 23.7. The number of allylic oxidation sites excluding steroid dienone is 2. The summed E-state index contributed by atoms with van der Waals surface area (Å²) in [6, 6.07) is 36.3. The standard InChI is InChI=1S/C26H41N2.3C7H7.Hf/c1-6-7-8-9-10-13-19-27-24-17-11-12-18-25(24)28-26-22(20(2)3)15-14-16-23(26)21(4)5;3*1-7-5-3-2-4-6-7;/h14-17,20-21H,6-13,18-19H2,1-5H3;3*2-6H,1H2;/q4*-1;. The molecule has 0 unspecified atom stereocenters. The quantitative estimate of drug-likeness (QED) is 0.0818. The molecule has 4 aromatic carbocycles. The molecule has 0 amide bonds. The average molecular weight is 834 g/mol. The number of para-hydroxylation sites is 1. The first-order valence-corrected chi connectivity index (χ1v) is 18.4. The fourth-order valence-corrected chi connectivity index (χ4v) is 5.32. The maximum atomic E-state index is 5.24. The predicted molar refractivity (Wildman–Crippen MR) is 218 cm³/mol. The van der Waals surface area contributed by atoms with Crippen molar-refractivity contribution in [3.8, 4) is 0 Å². The maximum Gasteiger partial charge on any atom is 0.0701 e. The van der Waals surface area contributed by atoms with Gasteiger partial charge in [0.1, 0.15) is 0 Å². The molecule has 3 heteroatoms. The number of hydrogen-bond acceptors (Lipinski definition) is 1. The van der Waals surface area contributed by atoms with E-state index in [9.17, 15) is 0 Å². The second-order valence-corrected chi connectivity index (χ2v) is 13.2. The Labute approximate surface area is 326 Å². The number of hydrogen-bond donors (Lipinski definition) is 0. The molecule has 0 aliphatic heterocycles.